The standard InChI is InChI=1S/C16H22Cl2N2O2/c1-20(2)16(21)22-8-6-11-5-7-19-10-13(11)12-3-4-14(17)15(18)9-12/h3-4,9,11,13,19H,5-8,10H2,1-2H3/t11-,13?/m0/s1. The van der Waals surface area contributed by atoms with E-state index in [9.17, 15) is 4.79 Å². The molecule has 1 aromatic rings. The van der Waals surface area contributed by atoms with Crippen LogP contribution in [0.5, 0.6) is 0 Å². The first-order valence-corrected chi connectivity index (χ1v) is 8.24. The van der Waals surface area contributed by atoms with Crippen molar-refractivity contribution in [3.8, 4) is 0 Å². The molecule has 1 amide bonds. The molecular weight excluding hydrogens is 323 g/mol. The lowest BCUT2D eigenvalue weighted by Crippen LogP contribution is -2.36. The Balaban J connectivity index is 1.98. The number of halogens is 2. The van der Waals surface area contributed by atoms with Gasteiger partial charge in [0, 0.05) is 20.6 Å². The van der Waals surface area contributed by atoms with Gasteiger partial charge in [0.2, 0.25) is 0 Å². The molecule has 1 heterocycles. The van der Waals surface area contributed by atoms with Crippen molar-refractivity contribution in [2.24, 2.45) is 5.92 Å². The number of carbonyl (C=O) groups is 1. The second-order valence-corrected chi connectivity index (χ2v) is 6.64. The molecule has 0 aliphatic carbocycles. The highest BCUT2D eigenvalue weighted by Crippen LogP contribution is 2.34. The van der Waals surface area contributed by atoms with Crippen LogP contribution in [0.3, 0.4) is 0 Å². The van der Waals surface area contributed by atoms with Gasteiger partial charge in [-0.2, -0.15) is 0 Å². The summed E-state index contributed by atoms with van der Waals surface area (Å²) in [7, 11) is 3.37. The van der Waals surface area contributed by atoms with E-state index in [-0.39, 0.29) is 6.09 Å². The van der Waals surface area contributed by atoms with E-state index in [0.29, 0.717) is 28.5 Å². The SMILES string of the molecule is CN(C)C(=O)OCC[C@@H]1CCNCC1c1ccc(Cl)c(Cl)c1. The van der Waals surface area contributed by atoms with Crippen molar-refractivity contribution in [1.29, 1.82) is 0 Å². The molecule has 6 heteroatoms. The minimum absolute atomic E-state index is 0.292. The highest BCUT2D eigenvalue weighted by molar-refractivity contribution is 6.42. The van der Waals surface area contributed by atoms with Gasteiger partial charge in [0.15, 0.2) is 0 Å². The number of hydrogen-bond acceptors (Lipinski definition) is 3. The van der Waals surface area contributed by atoms with Crippen LogP contribution in [0.2, 0.25) is 10.0 Å². The van der Waals surface area contributed by atoms with Crippen LogP contribution in [0.25, 0.3) is 0 Å². The fourth-order valence-corrected chi connectivity index (χ4v) is 3.12. The van der Waals surface area contributed by atoms with Crippen molar-refractivity contribution in [2.45, 2.75) is 18.8 Å². The molecule has 22 heavy (non-hydrogen) atoms. The summed E-state index contributed by atoms with van der Waals surface area (Å²) in [5.41, 5.74) is 1.19. The quantitative estimate of drug-likeness (QED) is 0.903. The molecule has 0 bridgehead atoms. The average molecular weight is 345 g/mol. The summed E-state index contributed by atoms with van der Waals surface area (Å²) in [5, 5.41) is 4.58. The number of benzene rings is 1. The molecule has 2 rings (SSSR count). The first-order chi connectivity index (χ1) is 10.5. The third-order valence-corrected chi connectivity index (χ3v) is 4.82. The summed E-state index contributed by atoms with van der Waals surface area (Å²) >= 11 is 12.1. The van der Waals surface area contributed by atoms with Crippen molar-refractivity contribution >= 4 is 29.3 Å². The van der Waals surface area contributed by atoms with Crippen molar-refractivity contribution in [3.63, 3.8) is 0 Å². The van der Waals surface area contributed by atoms with Crippen LogP contribution in [-0.4, -0.2) is 44.8 Å². The molecule has 0 spiro atoms. The number of rotatable bonds is 4. The normalized spacial score (nSPS) is 21.5. The largest absolute Gasteiger partial charge is 0.449 e. The zero-order valence-electron chi connectivity index (χ0n) is 12.9. The van der Waals surface area contributed by atoms with Gasteiger partial charge >= 0.3 is 6.09 Å². The van der Waals surface area contributed by atoms with Crippen LogP contribution in [-0.2, 0) is 4.74 Å². The summed E-state index contributed by atoms with van der Waals surface area (Å²) in [6.45, 7) is 2.34. The molecule has 1 aliphatic heterocycles. The van der Waals surface area contributed by atoms with Gasteiger partial charge in [0.05, 0.1) is 16.7 Å². The van der Waals surface area contributed by atoms with Crippen LogP contribution in [0.15, 0.2) is 18.2 Å². The van der Waals surface area contributed by atoms with Crippen molar-refractivity contribution in [3.05, 3.63) is 33.8 Å². The fourth-order valence-electron chi connectivity index (χ4n) is 2.82. The van der Waals surface area contributed by atoms with Crippen LogP contribution in [0.1, 0.15) is 24.3 Å². The first kappa shape index (κ1) is 17.4. The van der Waals surface area contributed by atoms with Gasteiger partial charge < -0.3 is 15.0 Å². The number of nitrogens with one attached hydrogen (secondary N) is 1. The zero-order valence-corrected chi connectivity index (χ0v) is 14.5. The first-order valence-electron chi connectivity index (χ1n) is 7.48. The molecule has 122 valence electrons. The molecule has 0 aromatic heterocycles. The number of piperidine rings is 1. The molecule has 1 aliphatic rings. The van der Waals surface area contributed by atoms with E-state index in [4.69, 9.17) is 27.9 Å². The minimum atomic E-state index is -0.292. The smallest absolute Gasteiger partial charge is 0.409 e. The van der Waals surface area contributed by atoms with Crippen molar-refractivity contribution in [2.75, 3.05) is 33.8 Å². The fraction of sp³-hybridized carbons (Fsp3) is 0.562. The van der Waals surface area contributed by atoms with E-state index in [0.717, 1.165) is 25.9 Å². The third-order valence-electron chi connectivity index (χ3n) is 4.08. The van der Waals surface area contributed by atoms with E-state index < -0.39 is 0 Å². The van der Waals surface area contributed by atoms with Gasteiger partial charge in [-0.05, 0) is 48.9 Å². The minimum Gasteiger partial charge on any atom is -0.449 e. The van der Waals surface area contributed by atoms with E-state index in [2.05, 4.69) is 5.32 Å². The Morgan fingerprint density at radius 3 is 2.82 bits per heavy atom. The summed E-state index contributed by atoms with van der Waals surface area (Å²) < 4.78 is 5.25. The molecule has 1 unspecified atom stereocenters. The van der Waals surface area contributed by atoms with E-state index in [1.165, 1.54) is 10.5 Å². The third kappa shape index (κ3) is 4.51. The number of hydrogen-bond donors (Lipinski definition) is 1. The number of nitrogens with zero attached hydrogens (tertiary/aromatic N) is 1. The van der Waals surface area contributed by atoms with Crippen LogP contribution < -0.4 is 5.32 Å². The predicted octanol–water partition coefficient (Wildman–Crippen LogP) is 3.77. The molecule has 1 saturated heterocycles. The van der Waals surface area contributed by atoms with Crippen LogP contribution in [0.4, 0.5) is 4.79 Å². The van der Waals surface area contributed by atoms with Gasteiger partial charge in [0.1, 0.15) is 0 Å². The lowest BCUT2D eigenvalue weighted by Gasteiger charge is -2.32. The Labute approximate surface area is 141 Å². The topological polar surface area (TPSA) is 41.6 Å². The maximum atomic E-state index is 11.5. The highest BCUT2D eigenvalue weighted by Gasteiger charge is 2.27. The average Bonchev–Trinajstić information content (AvgIpc) is 2.50. The predicted molar refractivity (Wildman–Crippen MR) is 89.8 cm³/mol. The summed E-state index contributed by atoms with van der Waals surface area (Å²) in [6, 6.07) is 5.82. The maximum absolute atomic E-state index is 11.5. The van der Waals surface area contributed by atoms with Gasteiger partial charge in [0.25, 0.3) is 0 Å². The molecule has 2 atom stereocenters. The summed E-state index contributed by atoms with van der Waals surface area (Å²) in [5.74, 6) is 0.829. The van der Waals surface area contributed by atoms with Gasteiger partial charge in [-0.1, -0.05) is 29.3 Å². The van der Waals surface area contributed by atoms with Crippen molar-refractivity contribution < 1.29 is 9.53 Å². The van der Waals surface area contributed by atoms with E-state index in [1.54, 1.807) is 14.1 Å². The highest BCUT2D eigenvalue weighted by atomic mass is 35.5. The lowest BCUT2D eigenvalue weighted by atomic mass is 9.80. The molecule has 1 N–H and O–H groups in total. The molecule has 1 aromatic carbocycles. The summed E-state index contributed by atoms with van der Waals surface area (Å²) in [4.78, 5) is 12.9. The van der Waals surface area contributed by atoms with Gasteiger partial charge in [-0.25, -0.2) is 4.79 Å². The maximum Gasteiger partial charge on any atom is 0.409 e. The Hall–Kier alpha value is -0.970. The van der Waals surface area contributed by atoms with Gasteiger partial charge in [-0.3, -0.25) is 0 Å². The van der Waals surface area contributed by atoms with E-state index in [1.807, 2.05) is 18.2 Å². The molecular formula is C16H22Cl2N2O2. The van der Waals surface area contributed by atoms with Crippen LogP contribution in [0, 0.1) is 5.92 Å². The molecule has 0 radical (unpaired) electrons. The zero-order chi connectivity index (χ0) is 16.1. The Kier molecular flexibility index (Phi) is 6.36. The lowest BCUT2D eigenvalue weighted by molar-refractivity contribution is 0.107. The van der Waals surface area contributed by atoms with Crippen LogP contribution >= 0.6 is 23.2 Å². The Morgan fingerprint density at radius 1 is 1.36 bits per heavy atom. The van der Waals surface area contributed by atoms with Crippen molar-refractivity contribution in [1.82, 2.24) is 10.2 Å². The number of amides is 1. The second kappa shape index (κ2) is 8.04. The van der Waals surface area contributed by atoms with Gasteiger partial charge in [-0.15, -0.1) is 0 Å². The molecule has 0 saturated carbocycles. The monoisotopic (exact) mass is 344 g/mol. The molecule has 1 fully saturated rings. The Bertz CT molecular complexity index is 523. The van der Waals surface area contributed by atoms with E-state index >= 15 is 0 Å². The number of carbonyl (C=O) groups excluding carboxylic acids is 1. The number of ether oxygens (including phenoxy) is 1. The summed E-state index contributed by atoms with van der Waals surface area (Å²) in [6.07, 6.45) is 1.62. The Morgan fingerprint density at radius 2 is 2.14 bits per heavy atom. The second-order valence-electron chi connectivity index (χ2n) is 5.83. The molecule has 4 nitrogen and oxygen atoms in total.